The first-order chi connectivity index (χ1) is 9.99. The number of halogens is 1. The predicted octanol–water partition coefficient (Wildman–Crippen LogP) is 3.74. The Kier molecular flexibility index (Phi) is 5.21. The first-order valence-electron chi connectivity index (χ1n) is 7.78. The van der Waals surface area contributed by atoms with Gasteiger partial charge >= 0.3 is 6.03 Å². The van der Waals surface area contributed by atoms with E-state index in [1.807, 2.05) is 19.9 Å². The van der Waals surface area contributed by atoms with Gasteiger partial charge < -0.3 is 10.6 Å². The van der Waals surface area contributed by atoms with E-state index in [0.29, 0.717) is 12.1 Å². The fraction of sp³-hybridized carbons (Fsp3) is 0.588. The van der Waals surface area contributed by atoms with E-state index >= 15 is 0 Å². The fourth-order valence-corrected chi connectivity index (χ4v) is 2.89. The monoisotopic (exact) mass is 292 g/mol. The zero-order chi connectivity index (χ0) is 15.3. The van der Waals surface area contributed by atoms with Crippen LogP contribution in [0.5, 0.6) is 0 Å². The van der Waals surface area contributed by atoms with E-state index in [-0.39, 0.29) is 17.9 Å². The van der Waals surface area contributed by atoms with Gasteiger partial charge in [-0.25, -0.2) is 9.18 Å². The first-order valence-corrected chi connectivity index (χ1v) is 7.78. The molecule has 1 fully saturated rings. The van der Waals surface area contributed by atoms with Crippen LogP contribution >= 0.6 is 0 Å². The summed E-state index contributed by atoms with van der Waals surface area (Å²) in [5.74, 6) is -0.225. The van der Waals surface area contributed by atoms with Crippen LogP contribution < -0.4 is 10.6 Å². The van der Waals surface area contributed by atoms with Gasteiger partial charge in [-0.15, -0.1) is 0 Å². The SMILES string of the molecule is CC(C)(CNC(=O)NC1CCCCC1)c1ccccc1F. The van der Waals surface area contributed by atoms with Crippen molar-refractivity contribution < 1.29 is 9.18 Å². The molecule has 1 saturated carbocycles. The second-order valence-corrected chi connectivity index (χ2v) is 6.53. The fourth-order valence-electron chi connectivity index (χ4n) is 2.89. The van der Waals surface area contributed by atoms with Gasteiger partial charge in [-0.3, -0.25) is 0 Å². The minimum Gasteiger partial charge on any atom is -0.337 e. The van der Waals surface area contributed by atoms with Crippen LogP contribution in [0.25, 0.3) is 0 Å². The lowest BCUT2D eigenvalue weighted by atomic mass is 9.84. The van der Waals surface area contributed by atoms with Crippen molar-refractivity contribution in [1.82, 2.24) is 10.6 Å². The summed E-state index contributed by atoms with van der Waals surface area (Å²) in [5.41, 5.74) is 0.192. The maximum atomic E-state index is 13.9. The Morgan fingerprint density at radius 3 is 2.57 bits per heavy atom. The molecule has 0 saturated heterocycles. The van der Waals surface area contributed by atoms with E-state index in [4.69, 9.17) is 0 Å². The third-order valence-electron chi connectivity index (χ3n) is 4.23. The lowest BCUT2D eigenvalue weighted by Crippen LogP contribution is -2.46. The van der Waals surface area contributed by atoms with Gasteiger partial charge in [0.25, 0.3) is 0 Å². The van der Waals surface area contributed by atoms with Crippen LogP contribution in [0.3, 0.4) is 0 Å². The highest BCUT2D eigenvalue weighted by molar-refractivity contribution is 5.74. The van der Waals surface area contributed by atoms with Gasteiger partial charge in [0.05, 0.1) is 0 Å². The van der Waals surface area contributed by atoms with Gasteiger partial charge in [-0.1, -0.05) is 51.3 Å². The van der Waals surface area contributed by atoms with E-state index in [1.54, 1.807) is 12.1 Å². The molecule has 0 spiro atoms. The van der Waals surface area contributed by atoms with E-state index in [2.05, 4.69) is 10.6 Å². The molecule has 1 aliphatic carbocycles. The summed E-state index contributed by atoms with van der Waals surface area (Å²) in [4.78, 5) is 12.0. The van der Waals surface area contributed by atoms with E-state index in [0.717, 1.165) is 12.8 Å². The Morgan fingerprint density at radius 1 is 1.24 bits per heavy atom. The molecule has 0 bridgehead atoms. The van der Waals surface area contributed by atoms with Crippen molar-refractivity contribution in [2.75, 3.05) is 6.54 Å². The largest absolute Gasteiger partial charge is 0.337 e. The maximum Gasteiger partial charge on any atom is 0.315 e. The average Bonchev–Trinajstić information content (AvgIpc) is 2.47. The van der Waals surface area contributed by atoms with E-state index in [1.165, 1.54) is 25.3 Å². The smallest absolute Gasteiger partial charge is 0.315 e. The Morgan fingerprint density at radius 2 is 1.90 bits per heavy atom. The highest BCUT2D eigenvalue weighted by atomic mass is 19.1. The molecule has 0 radical (unpaired) electrons. The molecule has 2 rings (SSSR count). The molecule has 4 heteroatoms. The van der Waals surface area contributed by atoms with Crippen LogP contribution in [0.1, 0.15) is 51.5 Å². The highest BCUT2D eigenvalue weighted by Gasteiger charge is 2.25. The Labute approximate surface area is 126 Å². The minimum atomic E-state index is -0.435. The molecular weight excluding hydrogens is 267 g/mol. The first kappa shape index (κ1) is 15.8. The molecule has 116 valence electrons. The minimum absolute atomic E-state index is 0.147. The molecule has 0 aromatic heterocycles. The second-order valence-electron chi connectivity index (χ2n) is 6.53. The molecule has 1 aliphatic rings. The number of hydrogen-bond donors (Lipinski definition) is 2. The van der Waals surface area contributed by atoms with Crippen molar-refractivity contribution >= 4 is 6.03 Å². The quantitative estimate of drug-likeness (QED) is 0.872. The zero-order valence-electron chi connectivity index (χ0n) is 12.9. The van der Waals surface area contributed by atoms with Gasteiger partial charge in [-0.2, -0.15) is 0 Å². The van der Waals surface area contributed by atoms with Crippen LogP contribution in [-0.4, -0.2) is 18.6 Å². The van der Waals surface area contributed by atoms with Crippen LogP contribution in [0.4, 0.5) is 9.18 Å². The van der Waals surface area contributed by atoms with Crippen molar-refractivity contribution in [1.29, 1.82) is 0 Å². The van der Waals surface area contributed by atoms with Gasteiger partial charge in [0.15, 0.2) is 0 Å². The van der Waals surface area contributed by atoms with Gasteiger partial charge in [0, 0.05) is 18.0 Å². The topological polar surface area (TPSA) is 41.1 Å². The second kappa shape index (κ2) is 6.92. The standard InChI is InChI=1S/C17H25FN2O/c1-17(2,14-10-6-7-11-15(14)18)12-19-16(21)20-13-8-4-3-5-9-13/h6-7,10-11,13H,3-5,8-9,12H2,1-2H3,(H2,19,20,21). The van der Waals surface area contributed by atoms with Crippen LogP contribution in [-0.2, 0) is 5.41 Å². The van der Waals surface area contributed by atoms with Crippen LogP contribution in [0.2, 0.25) is 0 Å². The summed E-state index contributed by atoms with van der Waals surface area (Å²) in [6.07, 6.45) is 5.76. The molecule has 0 aliphatic heterocycles. The number of rotatable bonds is 4. The molecule has 1 aromatic carbocycles. The summed E-state index contributed by atoms with van der Waals surface area (Å²) in [5, 5.41) is 5.89. The summed E-state index contributed by atoms with van der Waals surface area (Å²) >= 11 is 0. The third-order valence-corrected chi connectivity index (χ3v) is 4.23. The Balaban J connectivity index is 1.86. The van der Waals surface area contributed by atoms with Crippen molar-refractivity contribution in [2.24, 2.45) is 0 Å². The predicted molar refractivity (Wildman–Crippen MR) is 82.8 cm³/mol. The lowest BCUT2D eigenvalue weighted by Gasteiger charge is -2.28. The molecule has 2 amide bonds. The number of benzene rings is 1. The molecule has 2 N–H and O–H groups in total. The summed E-state index contributed by atoms with van der Waals surface area (Å²) < 4.78 is 13.9. The molecule has 0 atom stereocenters. The molecule has 1 aromatic rings. The van der Waals surface area contributed by atoms with Gasteiger partial charge in [0.1, 0.15) is 5.82 Å². The third kappa shape index (κ3) is 4.45. The molecule has 21 heavy (non-hydrogen) atoms. The molecule has 0 heterocycles. The van der Waals surface area contributed by atoms with Crippen LogP contribution in [0.15, 0.2) is 24.3 Å². The number of nitrogens with one attached hydrogen (secondary N) is 2. The normalized spacial score (nSPS) is 16.5. The Hall–Kier alpha value is -1.58. The zero-order valence-corrected chi connectivity index (χ0v) is 12.9. The Bertz CT molecular complexity index is 481. The van der Waals surface area contributed by atoms with Crippen molar-refractivity contribution in [3.8, 4) is 0 Å². The summed E-state index contributed by atoms with van der Waals surface area (Å²) in [7, 11) is 0. The molecule has 3 nitrogen and oxygen atoms in total. The van der Waals surface area contributed by atoms with Gasteiger partial charge in [0.2, 0.25) is 0 Å². The summed E-state index contributed by atoms with van der Waals surface area (Å²) in [6.45, 7) is 4.28. The van der Waals surface area contributed by atoms with Crippen molar-refractivity contribution in [2.45, 2.75) is 57.4 Å². The average molecular weight is 292 g/mol. The number of carbonyl (C=O) groups excluding carboxylic acids is 1. The number of urea groups is 1. The van der Waals surface area contributed by atoms with Crippen molar-refractivity contribution in [3.63, 3.8) is 0 Å². The van der Waals surface area contributed by atoms with E-state index in [9.17, 15) is 9.18 Å². The van der Waals surface area contributed by atoms with E-state index < -0.39 is 5.41 Å². The van der Waals surface area contributed by atoms with Crippen molar-refractivity contribution in [3.05, 3.63) is 35.6 Å². The maximum absolute atomic E-state index is 13.9. The number of amides is 2. The van der Waals surface area contributed by atoms with Gasteiger partial charge in [-0.05, 0) is 24.5 Å². The summed E-state index contributed by atoms with van der Waals surface area (Å²) in [6, 6.07) is 6.87. The molecular formula is C17H25FN2O. The lowest BCUT2D eigenvalue weighted by molar-refractivity contribution is 0.230. The number of hydrogen-bond acceptors (Lipinski definition) is 1. The van der Waals surface area contributed by atoms with Crippen LogP contribution in [0, 0.1) is 5.82 Å². The molecule has 0 unspecified atom stereocenters. The number of carbonyl (C=O) groups is 1. The highest BCUT2D eigenvalue weighted by Crippen LogP contribution is 2.24.